The van der Waals surface area contributed by atoms with Gasteiger partial charge >= 0.3 is 29.5 Å². The van der Waals surface area contributed by atoms with Gasteiger partial charge in [-0.2, -0.15) is 0 Å². The zero-order valence-electron chi connectivity index (χ0n) is 11.9. The molecule has 0 aliphatic heterocycles. The van der Waals surface area contributed by atoms with E-state index in [1.54, 1.807) is 0 Å². The van der Waals surface area contributed by atoms with E-state index in [0.29, 0.717) is 19.8 Å². The van der Waals surface area contributed by atoms with E-state index in [1.807, 2.05) is 0 Å². The summed E-state index contributed by atoms with van der Waals surface area (Å²) in [5, 5.41) is 0. The SMILES string of the molecule is CCCCOP(=O)(OCCCC)OCCCC.[Ti+2]. The van der Waals surface area contributed by atoms with E-state index < -0.39 is 7.82 Å². The fraction of sp³-hybridized carbons (Fsp3) is 1.00. The smallest absolute Gasteiger partial charge is 0.287 e. The summed E-state index contributed by atoms with van der Waals surface area (Å²) in [6.07, 6.45) is 5.63. The molecule has 0 aromatic heterocycles. The summed E-state index contributed by atoms with van der Waals surface area (Å²) in [6.45, 7) is 7.49. The maximum Gasteiger partial charge on any atom is 2.00 e. The van der Waals surface area contributed by atoms with Crippen LogP contribution in [0.1, 0.15) is 59.3 Å². The summed E-state index contributed by atoms with van der Waals surface area (Å²) >= 11 is 0. The van der Waals surface area contributed by atoms with Crippen LogP contribution < -0.4 is 0 Å². The predicted octanol–water partition coefficient (Wildman–Crippen LogP) is 4.54. The first kappa shape index (κ1) is 21.1. The molecular weight excluding hydrogens is 287 g/mol. The summed E-state index contributed by atoms with van der Waals surface area (Å²) in [5.74, 6) is 0. The van der Waals surface area contributed by atoms with Crippen LogP contribution in [0, 0.1) is 0 Å². The molecule has 0 aliphatic carbocycles. The van der Waals surface area contributed by atoms with Crippen molar-refractivity contribution in [2.24, 2.45) is 0 Å². The first-order valence-corrected chi connectivity index (χ1v) is 8.18. The Morgan fingerprint density at radius 2 is 1.00 bits per heavy atom. The van der Waals surface area contributed by atoms with Gasteiger partial charge in [0.25, 0.3) is 0 Å². The molecule has 0 saturated carbocycles. The van der Waals surface area contributed by atoms with Crippen molar-refractivity contribution < 1.29 is 39.9 Å². The second-order valence-corrected chi connectivity index (χ2v) is 5.68. The van der Waals surface area contributed by atoms with Crippen LogP contribution in [-0.2, 0) is 39.9 Å². The molecule has 0 amide bonds. The Morgan fingerprint density at radius 1 is 0.722 bits per heavy atom. The van der Waals surface area contributed by atoms with Gasteiger partial charge in [-0.15, -0.1) is 0 Å². The maximum atomic E-state index is 12.2. The van der Waals surface area contributed by atoms with Crippen LogP contribution in [0.2, 0.25) is 0 Å². The molecule has 0 unspecified atom stereocenters. The Morgan fingerprint density at radius 3 is 1.22 bits per heavy atom. The molecule has 0 atom stereocenters. The fourth-order valence-electron chi connectivity index (χ4n) is 1.07. The van der Waals surface area contributed by atoms with E-state index >= 15 is 0 Å². The third-order valence-corrected chi connectivity index (χ3v) is 3.74. The van der Waals surface area contributed by atoms with Gasteiger partial charge in [-0.05, 0) is 19.3 Å². The molecule has 0 aromatic rings. The Labute approximate surface area is 127 Å². The monoisotopic (exact) mass is 314 g/mol. The zero-order chi connectivity index (χ0) is 13.0. The largest absolute Gasteiger partial charge is 2.00 e. The number of phosphoric acid groups is 1. The molecule has 18 heavy (non-hydrogen) atoms. The molecule has 0 N–H and O–H groups in total. The average Bonchev–Trinajstić information content (AvgIpc) is 2.30. The third-order valence-electron chi connectivity index (χ3n) is 2.24. The molecule has 0 radical (unpaired) electrons. The van der Waals surface area contributed by atoms with Crippen molar-refractivity contribution in [3.8, 4) is 0 Å². The first-order valence-electron chi connectivity index (χ1n) is 6.72. The number of unbranched alkanes of at least 4 members (excludes halogenated alkanes) is 3. The summed E-state index contributed by atoms with van der Waals surface area (Å²) in [5.41, 5.74) is 0. The van der Waals surface area contributed by atoms with Crippen molar-refractivity contribution in [2.75, 3.05) is 19.8 Å². The molecule has 0 aliphatic rings. The molecule has 4 nitrogen and oxygen atoms in total. The molecule has 0 bridgehead atoms. The Bertz CT molecular complexity index is 181. The summed E-state index contributed by atoms with van der Waals surface area (Å²) in [7, 11) is -3.31. The van der Waals surface area contributed by atoms with E-state index in [0.717, 1.165) is 38.5 Å². The van der Waals surface area contributed by atoms with Gasteiger partial charge in [0.2, 0.25) is 0 Å². The molecule has 0 heterocycles. The van der Waals surface area contributed by atoms with Crippen LogP contribution in [0.4, 0.5) is 0 Å². The van der Waals surface area contributed by atoms with Crippen LogP contribution in [0.15, 0.2) is 0 Å². The molecule has 106 valence electrons. The number of hydrogen-bond donors (Lipinski definition) is 0. The normalized spacial score (nSPS) is 11.3. The van der Waals surface area contributed by atoms with E-state index in [9.17, 15) is 4.57 Å². The van der Waals surface area contributed by atoms with Gasteiger partial charge in [0.1, 0.15) is 0 Å². The van der Waals surface area contributed by atoms with Crippen LogP contribution in [0.3, 0.4) is 0 Å². The van der Waals surface area contributed by atoms with Gasteiger partial charge in [0.15, 0.2) is 0 Å². The minimum Gasteiger partial charge on any atom is -0.287 e. The summed E-state index contributed by atoms with van der Waals surface area (Å²) < 4.78 is 28.0. The number of phosphoric ester groups is 1. The van der Waals surface area contributed by atoms with Gasteiger partial charge in [0, 0.05) is 0 Å². The Hall–Kier alpha value is 0.824. The van der Waals surface area contributed by atoms with E-state index in [2.05, 4.69) is 20.8 Å². The summed E-state index contributed by atoms with van der Waals surface area (Å²) in [4.78, 5) is 0. The van der Waals surface area contributed by atoms with Crippen molar-refractivity contribution in [2.45, 2.75) is 59.3 Å². The van der Waals surface area contributed by atoms with Crippen molar-refractivity contribution in [3.05, 3.63) is 0 Å². The molecule has 0 saturated heterocycles. The van der Waals surface area contributed by atoms with Crippen molar-refractivity contribution in [1.82, 2.24) is 0 Å². The van der Waals surface area contributed by atoms with Crippen LogP contribution >= 0.6 is 7.82 Å². The fourth-order valence-corrected chi connectivity index (χ4v) is 2.36. The van der Waals surface area contributed by atoms with E-state index in [1.165, 1.54) is 0 Å². The number of hydrogen-bond acceptors (Lipinski definition) is 4. The standard InChI is InChI=1S/C12H27O4P.Ti/c1-4-7-10-14-17(13,15-11-8-5-2)16-12-9-6-3;/h4-12H2,1-3H3;/q;+2. The molecular formula is C12H27O4PTi+2. The van der Waals surface area contributed by atoms with Crippen molar-refractivity contribution >= 4 is 7.82 Å². The molecule has 6 heteroatoms. The first-order chi connectivity index (χ1) is 8.18. The Kier molecular flexibility index (Phi) is 16.7. The zero-order valence-corrected chi connectivity index (χ0v) is 14.4. The van der Waals surface area contributed by atoms with Crippen molar-refractivity contribution in [3.63, 3.8) is 0 Å². The molecule has 0 rings (SSSR count). The maximum absolute atomic E-state index is 12.2. The second-order valence-electron chi connectivity index (χ2n) is 4.01. The summed E-state index contributed by atoms with van der Waals surface area (Å²) in [6, 6.07) is 0. The van der Waals surface area contributed by atoms with Crippen LogP contribution in [0.5, 0.6) is 0 Å². The average molecular weight is 314 g/mol. The quantitative estimate of drug-likeness (QED) is 0.301. The molecule has 0 aromatic carbocycles. The van der Waals surface area contributed by atoms with Crippen LogP contribution in [-0.4, -0.2) is 19.8 Å². The van der Waals surface area contributed by atoms with E-state index in [4.69, 9.17) is 13.6 Å². The number of rotatable bonds is 12. The van der Waals surface area contributed by atoms with Gasteiger partial charge < -0.3 is 0 Å². The third kappa shape index (κ3) is 11.9. The van der Waals surface area contributed by atoms with Gasteiger partial charge in [0.05, 0.1) is 19.8 Å². The molecule has 0 fully saturated rings. The predicted molar refractivity (Wildman–Crippen MR) is 70.2 cm³/mol. The van der Waals surface area contributed by atoms with Gasteiger partial charge in [-0.3, -0.25) is 13.6 Å². The minimum absolute atomic E-state index is 0. The van der Waals surface area contributed by atoms with Crippen LogP contribution in [0.25, 0.3) is 0 Å². The van der Waals surface area contributed by atoms with E-state index in [-0.39, 0.29) is 21.7 Å². The Balaban J connectivity index is 0. The van der Waals surface area contributed by atoms with Gasteiger partial charge in [-0.25, -0.2) is 4.57 Å². The van der Waals surface area contributed by atoms with Crippen molar-refractivity contribution in [1.29, 1.82) is 0 Å². The molecule has 0 spiro atoms. The topological polar surface area (TPSA) is 44.8 Å². The second kappa shape index (κ2) is 14.2. The van der Waals surface area contributed by atoms with Gasteiger partial charge in [-0.1, -0.05) is 40.0 Å². The minimum atomic E-state index is -3.31.